The zero-order valence-electron chi connectivity index (χ0n) is 10.9. The van der Waals surface area contributed by atoms with Crippen LogP contribution in [0.15, 0.2) is 6.07 Å². The molecule has 1 aromatic heterocycles. The van der Waals surface area contributed by atoms with Gasteiger partial charge in [-0.25, -0.2) is 9.37 Å². The Bertz CT molecular complexity index is 540. The highest BCUT2D eigenvalue weighted by Crippen LogP contribution is 2.20. The van der Waals surface area contributed by atoms with E-state index in [0.717, 1.165) is 6.07 Å². The van der Waals surface area contributed by atoms with Crippen molar-refractivity contribution in [2.45, 2.75) is 26.3 Å². The first-order valence-corrected chi connectivity index (χ1v) is 6.65. The van der Waals surface area contributed by atoms with Gasteiger partial charge in [-0.3, -0.25) is 9.59 Å². The smallest absolute Gasteiger partial charge is 0.255 e. The third kappa shape index (κ3) is 3.80. The minimum atomic E-state index is -0.875. The van der Waals surface area contributed by atoms with Crippen molar-refractivity contribution in [3.8, 4) is 0 Å². The van der Waals surface area contributed by atoms with Crippen molar-refractivity contribution < 1.29 is 14.0 Å². The molecule has 0 saturated carbocycles. The van der Waals surface area contributed by atoms with Crippen molar-refractivity contribution >= 4 is 35.0 Å². The molecule has 2 amide bonds. The molecule has 0 radical (unpaired) electrons. The first-order chi connectivity index (χ1) is 9.27. The molecular weight excluding hydrogens is 308 g/mol. The molecule has 0 aliphatic heterocycles. The van der Waals surface area contributed by atoms with Gasteiger partial charge in [0, 0.05) is 0 Å². The SMILES string of the molecule is CC[C@@H](C)[C@@H](NC(=O)c1cc(F)c(Cl)nc1Cl)C(N)=O. The van der Waals surface area contributed by atoms with Crippen molar-refractivity contribution in [3.05, 3.63) is 27.8 Å². The number of carbonyl (C=O) groups is 2. The maximum atomic E-state index is 13.3. The van der Waals surface area contributed by atoms with Gasteiger partial charge in [0.2, 0.25) is 5.91 Å². The van der Waals surface area contributed by atoms with Crippen LogP contribution >= 0.6 is 23.2 Å². The maximum absolute atomic E-state index is 13.3. The number of hydrogen-bond donors (Lipinski definition) is 2. The van der Waals surface area contributed by atoms with E-state index < -0.39 is 28.8 Å². The van der Waals surface area contributed by atoms with Crippen LogP contribution in [0.2, 0.25) is 10.3 Å². The Morgan fingerprint density at radius 2 is 2.05 bits per heavy atom. The van der Waals surface area contributed by atoms with Crippen LogP contribution in [0.4, 0.5) is 4.39 Å². The van der Waals surface area contributed by atoms with Gasteiger partial charge in [0.1, 0.15) is 11.2 Å². The zero-order chi connectivity index (χ0) is 15.4. The fourth-order valence-electron chi connectivity index (χ4n) is 1.55. The van der Waals surface area contributed by atoms with Gasteiger partial charge in [0.05, 0.1) is 5.56 Å². The molecule has 0 spiro atoms. The van der Waals surface area contributed by atoms with E-state index >= 15 is 0 Å². The van der Waals surface area contributed by atoms with Gasteiger partial charge >= 0.3 is 0 Å². The van der Waals surface area contributed by atoms with Gasteiger partial charge in [-0.15, -0.1) is 0 Å². The van der Waals surface area contributed by atoms with Gasteiger partial charge < -0.3 is 11.1 Å². The minimum absolute atomic E-state index is 0.166. The van der Waals surface area contributed by atoms with E-state index in [0.29, 0.717) is 6.42 Å². The summed E-state index contributed by atoms with van der Waals surface area (Å²) in [4.78, 5) is 26.8. The van der Waals surface area contributed by atoms with Gasteiger partial charge in [-0.2, -0.15) is 0 Å². The zero-order valence-corrected chi connectivity index (χ0v) is 12.4. The molecule has 110 valence electrons. The Hall–Kier alpha value is -1.40. The molecule has 0 saturated heterocycles. The third-order valence-corrected chi connectivity index (χ3v) is 3.49. The number of aromatic nitrogens is 1. The summed E-state index contributed by atoms with van der Waals surface area (Å²) in [6.45, 7) is 3.61. The number of rotatable bonds is 5. The molecule has 0 aliphatic carbocycles. The van der Waals surface area contributed by atoms with Crippen LogP contribution in [0, 0.1) is 11.7 Å². The fraction of sp³-hybridized carbons (Fsp3) is 0.417. The molecule has 1 heterocycles. The summed E-state index contributed by atoms with van der Waals surface area (Å²) < 4.78 is 13.3. The molecule has 3 N–H and O–H groups in total. The highest BCUT2D eigenvalue weighted by Gasteiger charge is 2.25. The number of pyridine rings is 1. The monoisotopic (exact) mass is 321 g/mol. The lowest BCUT2D eigenvalue weighted by Gasteiger charge is -2.21. The van der Waals surface area contributed by atoms with Crippen LogP contribution in [0.5, 0.6) is 0 Å². The van der Waals surface area contributed by atoms with E-state index in [9.17, 15) is 14.0 Å². The standard InChI is InChI=1S/C12H14Cl2FN3O2/c1-3-5(2)8(11(16)19)17-12(20)6-4-7(15)10(14)18-9(6)13/h4-5,8H,3H2,1-2H3,(H2,16,19)(H,17,20)/t5-,8-/m1/s1. The average molecular weight is 322 g/mol. The second-order valence-corrected chi connectivity index (χ2v) is 5.05. The summed E-state index contributed by atoms with van der Waals surface area (Å²) in [6.07, 6.45) is 0.634. The largest absolute Gasteiger partial charge is 0.368 e. The number of hydrogen-bond acceptors (Lipinski definition) is 3. The Kier molecular flexibility index (Phi) is 5.71. The normalized spacial score (nSPS) is 13.7. The number of nitrogens with two attached hydrogens (primary N) is 1. The van der Waals surface area contributed by atoms with Gasteiger partial charge in [0.15, 0.2) is 11.0 Å². The summed E-state index contributed by atoms with van der Waals surface area (Å²) in [5.41, 5.74) is 5.03. The Balaban J connectivity index is 3.01. The van der Waals surface area contributed by atoms with Crippen molar-refractivity contribution in [2.75, 3.05) is 0 Å². The predicted octanol–water partition coefficient (Wildman–Crippen LogP) is 2.16. The highest BCUT2D eigenvalue weighted by molar-refractivity contribution is 6.34. The molecule has 0 aliphatic rings. The molecule has 20 heavy (non-hydrogen) atoms. The molecule has 0 fully saturated rings. The Morgan fingerprint density at radius 1 is 1.45 bits per heavy atom. The van der Waals surface area contributed by atoms with E-state index in [4.69, 9.17) is 28.9 Å². The molecule has 1 aromatic rings. The number of primary amides is 1. The van der Waals surface area contributed by atoms with Gasteiger partial charge in [-0.1, -0.05) is 43.5 Å². The van der Waals surface area contributed by atoms with Crippen LogP contribution in [0.3, 0.4) is 0 Å². The highest BCUT2D eigenvalue weighted by atomic mass is 35.5. The molecular formula is C12H14Cl2FN3O2. The number of nitrogens with zero attached hydrogens (tertiary/aromatic N) is 1. The lowest BCUT2D eigenvalue weighted by atomic mass is 9.98. The third-order valence-electron chi connectivity index (χ3n) is 2.94. The topological polar surface area (TPSA) is 85.1 Å². The maximum Gasteiger partial charge on any atom is 0.255 e. The van der Waals surface area contributed by atoms with Crippen molar-refractivity contribution in [1.82, 2.24) is 10.3 Å². The summed E-state index contributed by atoms with van der Waals surface area (Å²) >= 11 is 11.2. The minimum Gasteiger partial charge on any atom is -0.368 e. The second kappa shape index (κ2) is 6.85. The number of nitrogens with one attached hydrogen (secondary N) is 1. The quantitative estimate of drug-likeness (QED) is 0.815. The number of carbonyl (C=O) groups excluding carboxylic acids is 2. The molecule has 0 unspecified atom stereocenters. The van der Waals surface area contributed by atoms with Crippen LogP contribution in [0.25, 0.3) is 0 Å². The molecule has 5 nitrogen and oxygen atoms in total. The van der Waals surface area contributed by atoms with Gasteiger partial charge in [-0.05, 0) is 12.0 Å². The van der Waals surface area contributed by atoms with Crippen molar-refractivity contribution in [2.24, 2.45) is 11.7 Å². The van der Waals surface area contributed by atoms with E-state index in [2.05, 4.69) is 10.3 Å². The van der Waals surface area contributed by atoms with E-state index in [1.165, 1.54) is 0 Å². The van der Waals surface area contributed by atoms with Crippen LogP contribution in [0.1, 0.15) is 30.6 Å². The summed E-state index contributed by atoms with van der Waals surface area (Å²) in [5.74, 6) is -2.45. The molecule has 1 rings (SSSR count). The summed E-state index contributed by atoms with van der Waals surface area (Å²) in [5, 5.41) is 1.74. The molecule has 0 aromatic carbocycles. The van der Waals surface area contributed by atoms with Crippen LogP contribution in [-0.4, -0.2) is 22.8 Å². The van der Waals surface area contributed by atoms with E-state index in [1.54, 1.807) is 6.92 Å². The van der Waals surface area contributed by atoms with Crippen LogP contribution < -0.4 is 11.1 Å². The molecule has 2 atom stereocenters. The first kappa shape index (κ1) is 16.7. The summed E-state index contributed by atoms with van der Waals surface area (Å²) in [7, 11) is 0. The number of halogens is 3. The van der Waals surface area contributed by atoms with Gasteiger partial charge in [0.25, 0.3) is 5.91 Å². The second-order valence-electron chi connectivity index (χ2n) is 4.34. The van der Waals surface area contributed by atoms with Crippen LogP contribution in [-0.2, 0) is 4.79 Å². The van der Waals surface area contributed by atoms with Crippen molar-refractivity contribution in [3.63, 3.8) is 0 Å². The fourth-order valence-corrected chi connectivity index (χ4v) is 1.96. The Morgan fingerprint density at radius 3 is 2.55 bits per heavy atom. The number of amides is 2. The average Bonchev–Trinajstić information content (AvgIpc) is 2.38. The first-order valence-electron chi connectivity index (χ1n) is 5.89. The Labute approximate surface area is 125 Å². The molecule has 0 bridgehead atoms. The lowest BCUT2D eigenvalue weighted by molar-refractivity contribution is -0.120. The van der Waals surface area contributed by atoms with E-state index in [-0.39, 0.29) is 16.6 Å². The lowest BCUT2D eigenvalue weighted by Crippen LogP contribution is -2.48. The molecule has 8 heteroatoms. The van der Waals surface area contributed by atoms with Crippen molar-refractivity contribution in [1.29, 1.82) is 0 Å². The van der Waals surface area contributed by atoms with E-state index in [1.807, 2.05) is 6.92 Å². The predicted molar refractivity (Wildman–Crippen MR) is 74.1 cm³/mol. The summed E-state index contributed by atoms with van der Waals surface area (Å²) in [6, 6.07) is -0.0101.